The molecule has 0 heterocycles. The van der Waals surface area contributed by atoms with Crippen molar-refractivity contribution in [2.24, 2.45) is 5.92 Å². The molecule has 0 saturated heterocycles. The van der Waals surface area contributed by atoms with Crippen molar-refractivity contribution in [3.05, 3.63) is 29.3 Å². The van der Waals surface area contributed by atoms with Gasteiger partial charge in [0, 0.05) is 0 Å². The highest BCUT2D eigenvalue weighted by Crippen LogP contribution is 2.33. The van der Waals surface area contributed by atoms with Crippen LogP contribution in [0.25, 0.3) is 0 Å². The third-order valence-electron chi connectivity index (χ3n) is 3.49. The lowest BCUT2D eigenvalue weighted by Crippen LogP contribution is -2.05. The number of benzene rings is 1. The fraction of sp³-hybridized carbons (Fsp3) is 0.571. The van der Waals surface area contributed by atoms with E-state index in [9.17, 15) is 5.11 Å². The SMILES string of the molecule is CCc1ccc(O)c(C(C)C(C)CC)c1. The van der Waals surface area contributed by atoms with Crippen LogP contribution in [0.15, 0.2) is 18.2 Å². The van der Waals surface area contributed by atoms with Gasteiger partial charge < -0.3 is 5.11 Å². The minimum atomic E-state index is 0.432. The summed E-state index contributed by atoms with van der Waals surface area (Å²) < 4.78 is 0. The second-order valence-electron chi connectivity index (χ2n) is 4.42. The summed E-state index contributed by atoms with van der Waals surface area (Å²) in [6.07, 6.45) is 2.18. The van der Waals surface area contributed by atoms with Crippen molar-refractivity contribution in [2.75, 3.05) is 0 Å². The maximum Gasteiger partial charge on any atom is 0.119 e. The smallest absolute Gasteiger partial charge is 0.119 e. The van der Waals surface area contributed by atoms with Crippen LogP contribution in [0.1, 0.15) is 51.2 Å². The molecule has 0 aliphatic carbocycles. The van der Waals surface area contributed by atoms with Crippen LogP contribution < -0.4 is 0 Å². The third kappa shape index (κ3) is 2.74. The van der Waals surface area contributed by atoms with Crippen molar-refractivity contribution in [3.8, 4) is 5.75 Å². The van der Waals surface area contributed by atoms with Crippen LogP contribution >= 0.6 is 0 Å². The maximum absolute atomic E-state index is 9.85. The Morgan fingerprint density at radius 3 is 2.40 bits per heavy atom. The van der Waals surface area contributed by atoms with E-state index in [0.29, 0.717) is 17.6 Å². The lowest BCUT2D eigenvalue weighted by atomic mass is 9.86. The first-order chi connectivity index (χ1) is 7.10. The molecule has 0 amide bonds. The first kappa shape index (κ1) is 12.1. The molecule has 1 heteroatoms. The van der Waals surface area contributed by atoms with Crippen molar-refractivity contribution < 1.29 is 5.11 Å². The van der Waals surface area contributed by atoms with Crippen LogP contribution in [0.5, 0.6) is 5.75 Å². The molecule has 0 radical (unpaired) electrons. The summed E-state index contributed by atoms with van der Waals surface area (Å²) in [6, 6.07) is 5.97. The molecule has 2 atom stereocenters. The van der Waals surface area contributed by atoms with Crippen molar-refractivity contribution >= 4 is 0 Å². The quantitative estimate of drug-likeness (QED) is 0.786. The van der Waals surface area contributed by atoms with Crippen LogP contribution in [0.2, 0.25) is 0 Å². The molecule has 0 aliphatic rings. The second-order valence-corrected chi connectivity index (χ2v) is 4.42. The highest BCUT2D eigenvalue weighted by Gasteiger charge is 2.16. The molecular weight excluding hydrogens is 184 g/mol. The van der Waals surface area contributed by atoms with Crippen molar-refractivity contribution in [3.63, 3.8) is 0 Å². The van der Waals surface area contributed by atoms with Gasteiger partial charge in [-0.25, -0.2) is 0 Å². The molecule has 0 bridgehead atoms. The van der Waals surface area contributed by atoms with Crippen molar-refractivity contribution in [2.45, 2.75) is 46.5 Å². The Hall–Kier alpha value is -0.980. The van der Waals surface area contributed by atoms with Gasteiger partial charge in [-0.05, 0) is 35.4 Å². The van der Waals surface area contributed by atoms with Crippen molar-refractivity contribution in [1.82, 2.24) is 0 Å². The molecule has 84 valence electrons. The summed E-state index contributed by atoms with van der Waals surface area (Å²) in [5.41, 5.74) is 2.40. The summed E-state index contributed by atoms with van der Waals surface area (Å²) in [4.78, 5) is 0. The first-order valence-corrected chi connectivity index (χ1v) is 5.91. The molecule has 1 N–H and O–H groups in total. The number of rotatable bonds is 4. The molecule has 0 spiro atoms. The van der Waals surface area contributed by atoms with Gasteiger partial charge in [0.1, 0.15) is 5.75 Å². The van der Waals surface area contributed by atoms with Crippen molar-refractivity contribution in [1.29, 1.82) is 0 Å². The molecule has 0 saturated carbocycles. The number of aromatic hydroxyl groups is 1. The number of phenols is 1. The molecule has 1 aromatic carbocycles. The fourth-order valence-corrected chi connectivity index (χ4v) is 1.85. The molecule has 2 unspecified atom stereocenters. The van der Waals surface area contributed by atoms with Gasteiger partial charge in [0.05, 0.1) is 0 Å². The number of hydrogen-bond donors (Lipinski definition) is 1. The average Bonchev–Trinajstić information content (AvgIpc) is 2.27. The Morgan fingerprint density at radius 2 is 1.87 bits per heavy atom. The van der Waals surface area contributed by atoms with Gasteiger partial charge in [-0.15, -0.1) is 0 Å². The van der Waals surface area contributed by atoms with E-state index >= 15 is 0 Å². The van der Waals surface area contributed by atoms with Crippen LogP contribution in [0.3, 0.4) is 0 Å². The summed E-state index contributed by atoms with van der Waals surface area (Å²) in [6.45, 7) is 8.78. The summed E-state index contributed by atoms with van der Waals surface area (Å²) in [5.74, 6) is 1.49. The molecule has 1 aromatic rings. The fourth-order valence-electron chi connectivity index (χ4n) is 1.85. The van der Waals surface area contributed by atoms with Gasteiger partial charge in [-0.1, -0.05) is 46.2 Å². The second kappa shape index (κ2) is 5.20. The Bertz CT molecular complexity index is 317. The van der Waals surface area contributed by atoms with Crippen LogP contribution in [0.4, 0.5) is 0 Å². The van der Waals surface area contributed by atoms with Gasteiger partial charge in [-0.3, -0.25) is 0 Å². The zero-order valence-electron chi connectivity index (χ0n) is 10.2. The van der Waals surface area contributed by atoms with E-state index in [1.165, 1.54) is 5.56 Å². The first-order valence-electron chi connectivity index (χ1n) is 5.91. The number of aryl methyl sites for hydroxylation is 1. The van der Waals surface area contributed by atoms with E-state index in [-0.39, 0.29) is 0 Å². The van der Waals surface area contributed by atoms with Gasteiger partial charge in [0.25, 0.3) is 0 Å². The zero-order chi connectivity index (χ0) is 11.4. The van der Waals surface area contributed by atoms with Crippen LogP contribution in [-0.2, 0) is 6.42 Å². The van der Waals surface area contributed by atoms with E-state index in [4.69, 9.17) is 0 Å². The van der Waals surface area contributed by atoms with E-state index in [1.54, 1.807) is 0 Å². The Balaban J connectivity index is 3.01. The van der Waals surface area contributed by atoms with Gasteiger partial charge in [0.15, 0.2) is 0 Å². The molecule has 0 aliphatic heterocycles. The Morgan fingerprint density at radius 1 is 1.20 bits per heavy atom. The largest absolute Gasteiger partial charge is 0.508 e. The van der Waals surface area contributed by atoms with E-state index in [1.807, 2.05) is 12.1 Å². The normalized spacial score (nSPS) is 14.9. The predicted molar refractivity (Wildman–Crippen MR) is 65.4 cm³/mol. The standard InChI is InChI=1S/C14H22O/c1-5-10(3)11(4)13-9-12(6-2)7-8-14(13)15/h7-11,15H,5-6H2,1-4H3. The Labute approximate surface area is 93.1 Å². The van der Waals surface area contributed by atoms with E-state index < -0.39 is 0 Å². The summed E-state index contributed by atoms with van der Waals surface area (Å²) in [5, 5.41) is 9.85. The van der Waals surface area contributed by atoms with E-state index in [2.05, 4.69) is 33.8 Å². The molecule has 0 aromatic heterocycles. The summed E-state index contributed by atoms with van der Waals surface area (Å²) >= 11 is 0. The Kier molecular flexibility index (Phi) is 4.19. The zero-order valence-corrected chi connectivity index (χ0v) is 10.2. The lowest BCUT2D eigenvalue weighted by molar-refractivity contribution is 0.428. The number of hydrogen-bond acceptors (Lipinski definition) is 1. The molecule has 1 nitrogen and oxygen atoms in total. The lowest BCUT2D eigenvalue weighted by Gasteiger charge is -2.20. The van der Waals surface area contributed by atoms with Gasteiger partial charge in [-0.2, -0.15) is 0 Å². The van der Waals surface area contributed by atoms with Crippen LogP contribution in [0, 0.1) is 5.92 Å². The monoisotopic (exact) mass is 206 g/mol. The topological polar surface area (TPSA) is 20.2 Å². The van der Waals surface area contributed by atoms with Gasteiger partial charge in [0.2, 0.25) is 0 Å². The molecule has 0 fully saturated rings. The molecular formula is C14H22O. The average molecular weight is 206 g/mol. The third-order valence-corrected chi connectivity index (χ3v) is 3.49. The summed E-state index contributed by atoms with van der Waals surface area (Å²) in [7, 11) is 0. The predicted octanol–water partition coefficient (Wildman–Crippen LogP) is 4.10. The highest BCUT2D eigenvalue weighted by atomic mass is 16.3. The maximum atomic E-state index is 9.85. The van der Waals surface area contributed by atoms with E-state index in [0.717, 1.165) is 18.4 Å². The number of phenolic OH excluding ortho intramolecular Hbond substituents is 1. The minimum absolute atomic E-state index is 0.432. The minimum Gasteiger partial charge on any atom is -0.508 e. The molecule has 15 heavy (non-hydrogen) atoms. The van der Waals surface area contributed by atoms with Crippen LogP contribution in [-0.4, -0.2) is 5.11 Å². The molecule has 1 rings (SSSR count). The highest BCUT2D eigenvalue weighted by molar-refractivity contribution is 5.38. The van der Waals surface area contributed by atoms with Gasteiger partial charge >= 0.3 is 0 Å².